The van der Waals surface area contributed by atoms with Gasteiger partial charge < -0.3 is 10.6 Å². The van der Waals surface area contributed by atoms with Crippen molar-refractivity contribution in [3.05, 3.63) is 28.2 Å². The van der Waals surface area contributed by atoms with Gasteiger partial charge in [0, 0.05) is 23.2 Å². The standard InChI is InChI=1S/C13H19BrN2/c1-9-3-11(9)8-16(2)7-10-4-12(14)6-13(15)5-10/h4-6,9,11H,3,7-8,15H2,1-2H3. The largest absolute Gasteiger partial charge is 0.399 e. The van der Waals surface area contributed by atoms with E-state index in [0.717, 1.165) is 28.5 Å². The normalized spacial score (nSPS) is 23.8. The quantitative estimate of drug-likeness (QED) is 0.860. The number of rotatable bonds is 4. The molecule has 16 heavy (non-hydrogen) atoms. The first-order valence-corrected chi connectivity index (χ1v) is 6.57. The number of hydrogen-bond donors (Lipinski definition) is 1. The van der Waals surface area contributed by atoms with Crippen LogP contribution in [0.2, 0.25) is 0 Å². The van der Waals surface area contributed by atoms with Gasteiger partial charge in [-0.2, -0.15) is 0 Å². The van der Waals surface area contributed by atoms with Crippen LogP contribution in [0.3, 0.4) is 0 Å². The highest BCUT2D eigenvalue weighted by Crippen LogP contribution is 2.38. The van der Waals surface area contributed by atoms with E-state index in [0.29, 0.717) is 0 Å². The van der Waals surface area contributed by atoms with E-state index >= 15 is 0 Å². The molecule has 0 amide bonds. The maximum absolute atomic E-state index is 5.82. The molecule has 2 rings (SSSR count). The molecule has 1 aliphatic rings. The average molecular weight is 283 g/mol. The van der Waals surface area contributed by atoms with E-state index in [1.165, 1.54) is 18.5 Å². The summed E-state index contributed by atoms with van der Waals surface area (Å²) in [4.78, 5) is 2.38. The first-order chi connectivity index (χ1) is 7.54. The van der Waals surface area contributed by atoms with Crippen molar-refractivity contribution in [3.63, 3.8) is 0 Å². The predicted octanol–water partition coefficient (Wildman–Crippen LogP) is 3.12. The van der Waals surface area contributed by atoms with Gasteiger partial charge in [-0.1, -0.05) is 22.9 Å². The molecular weight excluding hydrogens is 264 g/mol. The van der Waals surface area contributed by atoms with Gasteiger partial charge in [-0.3, -0.25) is 0 Å². The molecule has 0 bridgehead atoms. The SMILES string of the molecule is CC1CC1CN(C)Cc1cc(N)cc(Br)c1. The van der Waals surface area contributed by atoms with Crippen molar-refractivity contribution in [1.82, 2.24) is 4.90 Å². The number of hydrogen-bond acceptors (Lipinski definition) is 2. The molecule has 0 aromatic heterocycles. The Morgan fingerprint density at radius 2 is 2.12 bits per heavy atom. The topological polar surface area (TPSA) is 29.3 Å². The Labute approximate surface area is 106 Å². The number of benzene rings is 1. The summed E-state index contributed by atoms with van der Waals surface area (Å²) < 4.78 is 1.07. The molecule has 0 radical (unpaired) electrons. The van der Waals surface area contributed by atoms with E-state index in [9.17, 15) is 0 Å². The lowest BCUT2D eigenvalue weighted by atomic mass is 10.2. The van der Waals surface area contributed by atoms with Crippen molar-refractivity contribution < 1.29 is 0 Å². The molecule has 2 N–H and O–H groups in total. The molecule has 2 nitrogen and oxygen atoms in total. The zero-order chi connectivity index (χ0) is 11.7. The highest BCUT2D eigenvalue weighted by atomic mass is 79.9. The predicted molar refractivity (Wildman–Crippen MR) is 72.2 cm³/mol. The van der Waals surface area contributed by atoms with Gasteiger partial charge in [-0.15, -0.1) is 0 Å². The Morgan fingerprint density at radius 1 is 1.44 bits per heavy atom. The second-order valence-corrected chi connectivity index (χ2v) is 5.98. The number of anilines is 1. The maximum atomic E-state index is 5.82. The molecule has 1 aromatic rings. The highest BCUT2D eigenvalue weighted by molar-refractivity contribution is 9.10. The monoisotopic (exact) mass is 282 g/mol. The average Bonchev–Trinajstić information content (AvgIpc) is 2.78. The second kappa shape index (κ2) is 4.76. The number of nitrogens with two attached hydrogens (primary N) is 1. The Hall–Kier alpha value is -0.540. The minimum absolute atomic E-state index is 0.831. The molecule has 1 saturated carbocycles. The number of nitrogen functional groups attached to an aromatic ring is 1. The summed E-state index contributed by atoms with van der Waals surface area (Å²) in [6.45, 7) is 4.51. The molecule has 0 heterocycles. The van der Waals surface area contributed by atoms with Crippen molar-refractivity contribution in [1.29, 1.82) is 0 Å². The number of halogens is 1. The summed E-state index contributed by atoms with van der Waals surface area (Å²) in [5.41, 5.74) is 7.93. The third-order valence-electron chi connectivity index (χ3n) is 3.25. The maximum Gasteiger partial charge on any atom is 0.0328 e. The van der Waals surface area contributed by atoms with Crippen LogP contribution in [0.15, 0.2) is 22.7 Å². The van der Waals surface area contributed by atoms with Gasteiger partial charge in [0.2, 0.25) is 0 Å². The fraction of sp³-hybridized carbons (Fsp3) is 0.538. The van der Waals surface area contributed by atoms with Gasteiger partial charge in [0.25, 0.3) is 0 Å². The van der Waals surface area contributed by atoms with Crippen LogP contribution in [0.5, 0.6) is 0 Å². The van der Waals surface area contributed by atoms with Gasteiger partial charge in [0.15, 0.2) is 0 Å². The Morgan fingerprint density at radius 3 is 2.69 bits per heavy atom. The van der Waals surface area contributed by atoms with Crippen LogP contribution in [0.25, 0.3) is 0 Å². The lowest BCUT2D eigenvalue weighted by Gasteiger charge is -2.17. The number of nitrogens with zero attached hydrogens (tertiary/aromatic N) is 1. The minimum atomic E-state index is 0.831. The summed E-state index contributed by atoms with van der Waals surface area (Å²) in [5.74, 6) is 1.84. The van der Waals surface area contributed by atoms with E-state index in [1.54, 1.807) is 0 Å². The summed E-state index contributed by atoms with van der Waals surface area (Å²) in [5, 5.41) is 0. The second-order valence-electron chi connectivity index (χ2n) is 5.06. The van der Waals surface area contributed by atoms with Crippen molar-refractivity contribution >= 4 is 21.6 Å². The van der Waals surface area contributed by atoms with E-state index in [2.05, 4.69) is 46.9 Å². The third-order valence-corrected chi connectivity index (χ3v) is 3.71. The van der Waals surface area contributed by atoms with Crippen LogP contribution in [0.1, 0.15) is 18.9 Å². The van der Waals surface area contributed by atoms with E-state index in [-0.39, 0.29) is 0 Å². The zero-order valence-corrected chi connectivity index (χ0v) is 11.5. The van der Waals surface area contributed by atoms with Gasteiger partial charge in [0.05, 0.1) is 0 Å². The Bertz CT molecular complexity index is 358. The molecular formula is C13H19BrN2. The summed E-state index contributed by atoms with van der Waals surface area (Å²) in [6.07, 6.45) is 1.39. The van der Waals surface area contributed by atoms with Gasteiger partial charge in [-0.05, 0) is 49.1 Å². The fourth-order valence-electron chi connectivity index (χ4n) is 2.20. The molecule has 1 fully saturated rings. The molecule has 88 valence electrons. The van der Waals surface area contributed by atoms with Crippen LogP contribution in [0, 0.1) is 11.8 Å². The first-order valence-electron chi connectivity index (χ1n) is 5.78. The molecule has 2 atom stereocenters. The zero-order valence-electron chi connectivity index (χ0n) is 9.91. The van der Waals surface area contributed by atoms with Crippen molar-refractivity contribution in [2.75, 3.05) is 19.3 Å². The van der Waals surface area contributed by atoms with E-state index < -0.39 is 0 Å². The molecule has 0 aliphatic heterocycles. The van der Waals surface area contributed by atoms with Crippen LogP contribution in [-0.4, -0.2) is 18.5 Å². The molecule has 3 heteroatoms. The van der Waals surface area contributed by atoms with Crippen molar-refractivity contribution in [2.24, 2.45) is 11.8 Å². The smallest absolute Gasteiger partial charge is 0.0328 e. The highest BCUT2D eigenvalue weighted by Gasteiger charge is 2.32. The third kappa shape index (κ3) is 3.22. The fourth-order valence-corrected chi connectivity index (χ4v) is 2.76. The summed E-state index contributed by atoms with van der Waals surface area (Å²) in [7, 11) is 2.18. The molecule has 0 saturated heterocycles. The van der Waals surface area contributed by atoms with Crippen LogP contribution < -0.4 is 5.73 Å². The van der Waals surface area contributed by atoms with Crippen LogP contribution in [0.4, 0.5) is 5.69 Å². The Kier molecular flexibility index (Phi) is 3.55. The molecule has 1 aliphatic carbocycles. The lowest BCUT2D eigenvalue weighted by Crippen LogP contribution is -2.20. The molecule has 2 unspecified atom stereocenters. The lowest BCUT2D eigenvalue weighted by molar-refractivity contribution is 0.307. The Balaban J connectivity index is 1.92. The van der Waals surface area contributed by atoms with Crippen molar-refractivity contribution in [2.45, 2.75) is 19.9 Å². The van der Waals surface area contributed by atoms with Crippen LogP contribution in [-0.2, 0) is 6.54 Å². The van der Waals surface area contributed by atoms with Gasteiger partial charge in [0.1, 0.15) is 0 Å². The molecule has 1 aromatic carbocycles. The minimum Gasteiger partial charge on any atom is -0.399 e. The summed E-state index contributed by atoms with van der Waals surface area (Å²) in [6, 6.07) is 6.13. The van der Waals surface area contributed by atoms with Crippen molar-refractivity contribution in [3.8, 4) is 0 Å². The molecule has 0 spiro atoms. The van der Waals surface area contributed by atoms with E-state index in [1.807, 2.05) is 6.07 Å². The van der Waals surface area contributed by atoms with Gasteiger partial charge >= 0.3 is 0 Å². The van der Waals surface area contributed by atoms with Crippen LogP contribution >= 0.6 is 15.9 Å². The summed E-state index contributed by atoms with van der Waals surface area (Å²) >= 11 is 3.48. The first kappa shape index (κ1) is 11.9. The van der Waals surface area contributed by atoms with Gasteiger partial charge in [-0.25, -0.2) is 0 Å². The van der Waals surface area contributed by atoms with E-state index in [4.69, 9.17) is 5.73 Å².